The van der Waals surface area contributed by atoms with Gasteiger partial charge in [-0.25, -0.2) is 0 Å². The van der Waals surface area contributed by atoms with Crippen LogP contribution in [-0.4, -0.2) is 6.26 Å². The summed E-state index contributed by atoms with van der Waals surface area (Å²) in [4.78, 5) is 1.08. The minimum Gasteiger partial charge on any atom is -0.369 e. The second-order valence-electron chi connectivity index (χ2n) is 2.08. The van der Waals surface area contributed by atoms with E-state index in [0.717, 1.165) is 11.3 Å². The molecule has 2 heteroatoms. The van der Waals surface area contributed by atoms with Crippen LogP contribution in [0.2, 0.25) is 0 Å². The van der Waals surface area contributed by atoms with E-state index in [4.69, 9.17) is 0 Å². The highest BCUT2D eigenvalue weighted by Crippen LogP contribution is 2.09. The molecule has 0 aromatic heterocycles. The predicted octanol–water partition coefficient (Wildman–Crippen LogP) is 3.06. The number of nitrogens with one attached hydrogen (secondary N) is 1. The Balaban J connectivity index is 3.47. The second kappa shape index (κ2) is 8.21. The Morgan fingerprint density at radius 3 is 2.83 bits per heavy atom. The van der Waals surface area contributed by atoms with Gasteiger partial charge in [-0.2, -0.15) is 0 Å². The van der Waals surface area contributed by atoms with E-state index in [1.807, 2.05) is 24.6 Å². The minimum absolute atomic E-state index is 0.917. The molecule has 0 fully saturated rings. The van der Waals surface area contributed by atoms with E-state index in [1.54, 1.807) is 18.0 Å². The third-order valence-electron chi connectivity index (χ3n) is 1.17. The summed E-state index contributed by atoms with van der Waals surface area (Å²) in [7, 11) is 0. The number of rotatable bonds is 6. The maximum atomic E-state index is 3.83. The summed E-state index contributed by atoms with van der Waals surface area (Å²) in [5.74, 6) is 0. The molecular weight excluding hydrogens is 166 g/mol. The first kappa shape index (κ1) is 11.1. The number of hydrogen-bond acceptors (Lipinski definition) is 2. The van der Waals surface area contributed by atoms with Crippen molar-refractivity contribution in [3.05, 3.63) is 48.7 Å². The average molecular weight is 181 g/mol. The SMILES string of the molecule is C=CN/C=C\C/C=C/C(=C)SC. The molecule has 0 aromatic rings. The molecule has 0 atom stereocenters. The Hall–Kier alpha value is -0.890. The first-order valence-corrected chi connectivity index (χ1v) is 4.95. The summed E-state index contributed by atoms with van der Waals surface area (Å²) in [6.07, 6.45) is 12.5. The molecule has 0 amide bonds. The van der Waals surface area contributed by atoms with Crippen molar-refractivity contribution in [2.75, 3.05) is 6.26 Å². The molecule has 0 heterocycles. The van der Waals surface area contributed by atoms with Crippen LogP contribution in [0.3, 0.4) is 0 Å². The van der Waals surface area contributed by atoms with Crippen LogP contribution in [0.25, 0.3) is 0 Å². The minimum atomic E-state index is 0.917. The molecular formula is C10H15NS. The summed E-state index contributed by atoms with van der Waals surface area (Å²) >= 11 is 1.66. The molecule has 0 spiro atoms. The fourth-order valence-corrected chi connectivity index (χ4v) is 0.783. The van der Waals surface area contributed by atoms with Gasteiger partial charge in [-0.15, -0.1) is 11.8 Å². The van der Waals surface area contributed by atoms with E-state index in [1.165, 1.54) is 0 Å². The van der Waals surface area contributed by atoms with Crippen LogP contribution in [0.1, 0.15) is 6.42 Å². The van der Waals surface area contributed by atoms with Gasteiger partial charge >= 0.3 is 0 Å². The molecule has 1 N–H and O–H groups in total. The van der Waals surface area contributed by atoms with Gasteiger partial charge in [0.15, 0.2) is 0 Å². The van der Waals surface area contributed by atoms with E-state index >= 15 is 0 Å². The van der Waals surface area contributed by atoms with Gasteiger partial charge in [-0.05, 0) is 30.0 Å². The summed E-state index contributed by atoms with van der Waals surface area (Å²) in [5.41, 5.74) is 0. The van der Waals surface area contributed by atoms with Gasteiger partial charge in [-0.3, -0.25) is 0 Å². The Morgan fingerprint density at radius 2 is 2.25 bits per heavy atom. The highest BCUT2D eigenvalue weighted by atomic mass is 32.2. The van der Waals surface area contributed by atoms with Crippen molar-refractivity contribution in [1.82, 2.24) is 5.32 Å². The van der Waals surface area contributed by atoms with E-state index in [2.05, 4.69) is 24.6 Å². The Morgan fingerprint density at radius 1 is 1.50 bits per heavy atom. The van der Waals surface area contributed by atoms with E-state index in [-0.39, 0.29) is 0 Å². The zero-order chi connectivity index (χ0) is 9.23. The molecule has 0 saturated heterocycles. The van der Waals surface area contributed by atoms with Gasteiger partial charge < -0.3 is 5.32 Å². The average Bonchev–Trinajstić information content (AvgIpc) is 2.10. The second-order valence-corrected chi connectivity index (χ2v) is 3.01. The lowest BCUT2D eigenvalue weighted by Gasteiger charge is -1.89. The summed E-state index contributed by atoms with van der Waals surface area (Å²) < 4.78 is 0. The Kier molecular flexibility index (Phi) is 7.60. The maximum Gasteiger partial charge on any atom is -0.000591 e. The molecule has 66 valence electrons. The number of hydrogen-bond donors (Lipinski definition) is 1. The predicted molar refractivity (Wildman–Crippen MR) is 58.9 cm³/mol. The standard InChI is InChI=1S/C10H15NS/c1-4-11-9-7-5-6-8-10(2)12-3/h4,6-9,11H,1-2,5H2,3H3/b8-6+,9-7-. The van der Waals surface area contributed by atoms with Gasteiger partial charge in [0, 0.05) is 0 Å². The fraction of sp³-hybridized carbons (Fsp3) is 0.200. The zero-order valence-corrected chi connectivity index (χ0v) is 8.23. The molecule has 12 heavy (non-hydrogen) atoms. The highest BCUT2D eigenvalue weighted by molar-refractivity contribution is 8.02. The molecule has 1 nitrogen and oxygen atoms in total. The van der Waals surface area contributed by atoms with Gasteiger partial charge in [0.1, 0.15) is 0 Å². The third-order valence-corrected chi connectivity index (χ3v) is 1.83. The van der Waals surface area contributed by atoms with Gasteiger partial charge in [0.05, 0.1) is 0 Å². The van der Waals surface area contributed by atoms with Crippen LogP contribution >= 0.6 is 11.8 Å². The van der Waals surface area contributed by atoms with E-state index < -0.39 is 0 Å². The van der Waals surface area contributed by atoms with Gasteiger partial charge in [0.2, 0.25) is 0 Å². The van der Waals surface area contributed by atoms with Crippen LogP contribution < -0.4 is 5.32 Å². The van der Waals surface area contributed by atoms with Crippen molar-refractivity contribution in [3.8, 4) is 0 Å². The van der Waals surface area contributed by atoms with Crippen molar-refractivity contribution >= 4 is 11.8 Å². The number of allylic oxidation sites excluding steroid dienone is 3. The molecule has 0 radical (unpaired) electrons. The zero-order valence-electron chi connectivity index (χ0n) is 7.42. The highest BCUT2D eigenvalue weighted by Gasteiger charge is 1.79. The Labute approximate surface area is 78.9 Å². The first-order chi connectivity index (χ1) is 5.81. The number of thioether (sulfide) groups is 1. The Bertz CT molecular complexity index is 192. The quantitative estimate of drug-likeness (QED) is 0.632. The summed E-state index contributed by atoms with van der Waals surface area (Å²) in [6.45, 7) is 7.35. The monoisotopic (exact) mass is 181 g/mol. The molecule has 0 rings (SSSR count). The normalized spacial score (nSPS) is 10.8. The van der Waals surface area contributed by atoms with Crippen LogP contribution in [0.4, 0.5) is 0 Å². The topological polar surface area (TPSA) is 12.0 Å². The maximum absolute atomic E-state index is 3.83. The molecule has 0 saturated carbocycles. The van der Waals surface area contributed by atoms with Crippen molar-refractivity contribution in [2.45, 2.75) is 6.42 Å². The molecule has 0 bridgehead atoms. The van der Waals surface area contributed by atoms with Gasteiger partial charge in [0.25, 0.3) is 0 Å². The van der Waals surface area contributed by atoms with E-state index in [9.17, 15) is 0 Å². The van der Waals surface area contributed by atoms with Crippen LogP contribution in [-0.2, 0) is 0 Å². The van der Waals surface area contributed by atoms with Crippen LogP contribution in [0, 0.1) is 0 Å². The summed E-state index contributed by atoms with van der Waals surface area (Å²) in [6, 6.07) is 0. The molecule has 0 aliphatic heterocycles. The van der Waals surface area contributed by atoms with Crippen molar-refractivity contribution in [2.24, 2.45) is 0 Å². The van der Waals surface area contributed by atoms with Crippen LogP contribution in [0.5, 0.6) is 0 Å². The fourth-order valence-electron chi connectivity index (χ4n) is 0.550. The lowest BCUT2D eigenvalue weighted by Crippen LogP contribution is -1.87. The van der Waals surface area contributed by atoms with Crippen molar-refractivity contribution in [3.63, 3.8) is 0 Å². The molecule has 0 aliphatic rings. The van der Waals surface area contributed by atoms with Crippen molar-refractivity contribution < 1.29 is 0 Å². The molecule has 0 aliphatic carbocycles. The summed E-state index contributed by atoms with van der Waals surface area (Å²) in [5, 5.41) is 2.87. The van der Waals surface area contributed by atoms with Crippen LogP contribution in [0.15, 0.2) is 48.7 Å². The smallest absolute Gasteiger partial charge is 0.000591 e. The van der Waals surface area contributed by atoms with Gasteiger partial charge in [-0.1, -0.05) is 31.4 Å². The first-order valence-electron chi connectivity index (χ1n) is 3.72. The lowest BCUT2D eigenvalue weighted by molar-refractivity contribution is 1.18. The molecule has 0 unspecified atom stereocenters. The lowest BCUT2D eigenvalue weighted by atomic mass is 10.3. The van der Waals surface area contributed by atoms with E-state index in [0.29, 0.717) is 0 Å². The third kappa shape index (κ3) is 7.22. The van der Waals surface area contributed by atoms with Crippen molar-refractivity contribution in [1.29, 1.82) is 0 Å². The largest absolute Gasteiger partial charge is 0.369 e. The molecule has 0 aromatic carbocycles.